The van der Waals surface area contributed by atoms with E-state index in [1.165, 1.54) is 0 Å². The molecule has 2 N–H and O–H groups in total. The molecule has 2 rings (SSSR count). The van der Waals surface area contributed by atoms with E-state index in [9.17, 15) is 0 Å². The average Bonchev–Trinajstić information content (AvgIpc) is 2.96. The second kappa shape index (κ2) is 8.34. The smallest absolute Gasteiger partial charge is 0.134 e. The number of aryl methyl sites for hydroxylation is 2. The highest BCUT2D eigenvalue weighted by atomic mass is 16.5. The van der Waals surface area contributed by atoms with Crippen molar-refractivity contribution in [3.05, 3.63) is 30.1 Å². The molecule has 2 aromatic rings. The van der Waals surface area contributed by atoms with Crippen molar-refractivity contribution in [2.24, 2.45) is 7.05 Å². The molecule has 0 saturated heterocycles. The summed E-state index contributed by atoms with van der Waals surface area (Å²) in [6, 6.07) is 0. The molecule has 0 radical (unpaired) electrons. The molecule has 0 amide bonds. The Balaban J connectivity index is 0.000000204. The van der Waals surface area contributed by atoms with Crippen molar-refractivity contribution in [2.45, 2.75) is 20.1 Å². The number of hydrogen-bond acceptors (Lipinski definition) is 5. The zero-order chi connectivity index (χ0) is 15.0. The van der Waals surface area contributed by atoms with Crippen LogP contribution in [0.2, 0.25) is 0 Å². The lowest BCUT2D eigenvalue weighted by Crippen LogP contribution is -2.04. The summed E-state index contributed by atoms with van der Waals surface area (Å²) < 4.78 is 13.5. The molecule has 0 atom stereocenters. The standard InChI is InChI=1S/C7H13N3O.C6H10N2O/c1-6-7(8)5-10(9-6)3-4-11-2;1-8-4-3-7-6(8)5-9-2/h5H,3-4,8H2,1-2H3;3-4H,5H2,1-2H3. The summed E-state index contributed by atoms with van der Waals surface area (Å²) in [5.74, 6) is 0.956. The number of nitrogens with two attached hydrogens (primary N) is 1. The number of rotatable bonds is 5. The Morgan fingerprint density at radius 1 is 1.30 bits per heavy atom. The number of imidazole rings is 1. The fourth-order valence-corrected chi connectivity index (χ4v) is 1.50. The molecule has 112 valence electrons. The quantitative estimate of drug-likeness (QED) is 0.884. The molecule has 7 heteroatoms. The maximum atomic E-state index is 5.59. The first-order valence-corrected chi connectivity index (χ1v) is 6.32. The second-order valence-electron chi connectivity index (χ2n) is 4.31. The SMILES string of the molecule is COCCn1cc(N)c(C)n1.COCc1nccn1C. The first-order valence-electron chi connectivity index (χ1n) is 6.32. The molecule has 0 spiro atoms. The Morgan fingerprint density at radius 2 is 2.05 bits per heavy atom. The number of nitrogen functional groups attached to an aromatic ring is 1. The van der Waals surface area contributed by atoms with Gasteiger partial charge >= 0.3 is 0 Å². The van der Waals surface area contributed by atoms with Gasteiger partial charge in [0.25, 0.3) is 0 Å². The average molecular weight is 281 g/mol. The molecule has 0 bridgehead atoms. The Hall–Kier alpha value is -1.86. The number of methoxy groups -OCH3 is 2. The van der Waals surface area contributed by atoms with Crippen LogP contribution in [0.25, 0.3) is 0 Å². The molecule has 0 aliphatic heterocycles. The van der Waals surface area contributed by atoms with Gasteiger partial charge in [0.1, 0.15) is 12.4 Å². The lowest BCUT2D eigenvalue weighted by atomic mass is 10.4. The summed E-state index contributed by atoms with van der Waals surface area (Å²) >= 11 is 0. The number of anilines is 1. The third-order valence-corrected chi connectivity index (χ3v) is 2.70. The molecule has 0 saturated carbocycles. The van der Waals surface area contributed by atoms with E-state index < -0.39 is 0 Å². The molecule has 2 aromatic heterocycles. The summed E-state index contributed by atoms with van der Waals surface area (Å²) in [6.07, 6.45) is 5.47. The minimum atomic E-state index is 0.587. The van der Waals surface area contributed by atoms with Crippen LogP contribution in [-0.2, 0) is 29.7 Å². The van der Waals surface area contributed by atoms with Crippen LogP contribution >= 0.6 is 0 Å². The number of hydrogen-bond donors (Lipinski definition) is 1. The molecular formula is C13H23N5O2. The molecule has 0 aromatic carbocycles. The van der Waals surface area contributed by atoms with E-state index in [4.69, 9.17) is 15.2 Å². The van der Waals surface area contributed by atoms with E-state index in [-0.39, 0.29) is 0 Å². The minimum Gasteiger partial charge on any atom is -0.396 e. The Morgan fingerprint density at radius 3 is 2.50 bits per heavy atom. The number of aromatic nitrogens is 4. The molecule has 0 unspecified atom stereocenters. The first-order chi connectivity index (χ1) is 9.58. The molecular weight excluding hydrogens is 258 g/mol. The third kappa shape index (κ3) is 5.02. The summed E-state index contributed by atoms with van der Waals surface area (Å²) in [5, 5.41) is 4.16. The highest BCUT2D eigenvalue weighted by molar-refractivity contribution is 5.39. The van der Waals surface area contributed by atoms with Gasteiger partial charge in [-0.25, -0.2) is 4.98 Å². The van der Waals surface area contributed by atoms with Crippen LogP contribution in [0.1, 0.15) is 11.5 Å². The van der Waals surface area contributed by atoms with Gasteiger partial charge in [-0.1, -0.05) is 0 Å². The monoisotopic (exact) mass is 281 g/mol. The van der Waals surface area contributed by atoms with Gasteiger partial charge in [-0.3, -0.25) is 4.68 Å². The van der Waals surface area contributed by atoms with Gasteiger partial charge in [0.15, 0.2) is 0 Å². The van der Waals surface area contributed by atoms with E-state index in [2.05, 4.69) is 10.1 Å². The van der Waals surface area contributed by atoms with E-state index >= 15 is 0 Å². The zero-order valence-corrected chi connectivity index (χ0v) is 12.5. The summed E-state index contributed by atoms with van der Waals surface area (Å²) in [5.41, 5.74) is 7.20. The van der Waals surface area contributed by atoms with Crippen molar-refractivity contribution in [3.8, 4) is 0 Å². The summed E-state index contributed by atoms with van der Waals surface area (Å²) in [4.78, 5) is 4.04. The Bertz CT molecular complexity index is 487. The van der Waals surface area contributed by atoms with Crippen LogP contribution in [-0.4, -0.2) is 40.2 Å². The number of ether oxygens (including phenoxy) is 2. The number of nitrogens with zero attached hydrogens (tertiary/aromatic N) is 4. The highest BCUT2D eigenvalue weighted by Gasteiger charge is 1.98. The predicted octanol–water partition coefficient (Wildman–Crippen LogP) is 0.987. The van der Waals surface area contributed by atoms with E-state index in [1.807, 2.05) is 30.9 Å². The van der Waals surface area contributed by atoms with Gasteiger partial charge in [0, 0.05) is 39.9 Å². The van der Waals surface area contributed by atoms with Crippen LogP contribution in [0.3, 0.4) is 0 Å². The molecule has 7 nitrogen and oxygen atoms in total. The van der Waals surface area contributed by atoms with Crippen molar-refractivity contribution in [2.75, 3.05) is 26.6 Å². The van der Waals surface area contributed by atoms with E-state index in [1.54, 1.807) is 25.1 Å². The lowest BCUT2D eigenvalue weighted by Gasteiger charge is -1.97. The fourth-order valence-electron chi connectivity index (χ4n) is 1.50. The van der Waals surface area contributed by atoms with Crippen molar-refractivity contribution < 1.29 is 9.47 Å². The van der Waals surface area contributed by atoms with Gasteiger partial charge in [0.2, 0.25) is 0 Å². The molecule has 20 heavy (non-hydrogen) atoms. The second-order valence-corrected chi connectivity index (χ2v) is 4.31. The van der Waals surface area contributed by atoms with Crippen LogP contribution < -0.4 is 5.73 Å². The summed E-state index contributed by atoms with van der Waals surface area (Å²) in [7, 11) is 5.27. The summed E-state index contributed by atoms with van der Waals surface area (Å²) in [6.45, 7) is 3.90. The van der Waals surface area contributed by atoms with Crippen molar-refractivity contribution >= 4 is 5.69 Å². The van der Waals surface area contributed by atoms with Gasteiger partial charge in [0.05, 0.1) is 24.5 Å². The van der Waals surface area contributed by atoms with Gasteiger partial charge < -0.3 is 19.8 Å². The van der Waals surface area contributed by atoms with E-state index in [0.717, 1.165) is 23.8 Å². The fraction of sp³-hybridized carbons (Fsp3) is 0.538. The highest BCUT2D eigenvalue weighted by Crippen LogP contribution is 2.05. The van der Waals surface area contributed by atoms with Crippen molar-refractivity contribution in [1.29, 1.82) is 0 Å². The minimum absolute atomic E-state index is 0.587. The molecule has 0 aliphatic rings. The maximum Gasteiger partial charge on any atom is 0.134 e. The van der Waals surface area contributed by atoms with Crippen molar-refractivity contribution in [1.82, 2.24) is 19.3 Å². The van der Waals surface area contributed by atoms with Crippen LogP contribution in [0.15, 0.2) is 18.6 Å². The van der Waals surface area contributed by atoms with E-state index in [0.29, 0.717) is 13.2 Å². The van der Waals surface area contributed by atoms with Crippen LogP contribution in [0.5, 0.6) is 0 Å². The maximum absolute atomic E-state index is 5.59. The van der Waals surface area contributed by atoms with Crippen LogP contribution in [0, 0.1) is 6.92 Å². The topological polar surface area (TPSA) is 80.1 Å². The van der Waals surface area contributed by atoms with Gasteiger partial charge in [-0.15, -0.1) is 0 Å². The molecule has 2 heterocycles. The van der Waals surface area contributed by atoms with Gasteiger partial charge in [-0.2, -0.15) is 5.10 Å². The normalized spacial score (nSPS) is 10.2. The third-order valence-electron chi connectivity index (χ3n) is 2.70. The largest absolute Gasteiger partial charge is 0.396 e. The van der Waals surface area contributed by atoms with Crippen molar-refractivity contribution in [3.63, 3.8) is 0 Å². The predicted molar refractivity (Wildman–Crippen MR) is 77.2 cm³/mol. The Kier molecular flexibility index (Phi) is 6.75. The molecule has 0 aliphatic carbocycles. The molecule has 0 fully saturated rings. The lowest BCUT2D eigenvalue weighted by molar-refractivity contribution is 0.175. The Labute approximate surface area is 119 Å². The first kappa shape index (κ1) is 16.2. The van der Waals surface area contributed by atoms with Crippen LogP contribution in [0.4, 0.5) is 5.69 Å². The van der Waals surface area contributed by atoms with Gasteiger partial charge in [-0.05, 0) is 6.92 Å². The zero-order valence-electron chi connectivity index (χ0n) is 12.5.